The van der Waals surface area contributed by atoms with Crippen molar-refractivity contribution < 1.29 is 16.8 Å². The van der Waals surface area contributed by atoms with Crippen molar-refractivity contribution in [2.75, 3.05) is 19.6 Å². The van der Waals surface area contributed by atoms with E-state index in [9.17, 15) is 26.4 Å². The van der Waals surface area contributed by atoms with Crippen LogP contribution in [0.15, 0.2) is 104 Å². The Bertz CT molecular complexity index is 4440. The van der Waals surface area contributed by atoms with Crippen LogP contribution in [0.5, 0.6) is 0 Å². The van der Waals surface area contributed by atoms with Gasteiger partial charge in [-0.25, -0.2) is 31.5 Å². The number of benzene rings is 7. The number of fused-ring (bicyclic) bond motifs is 10. The molecule has 7 aromatic carbocycles. The van der Waals surface area contributed by atoms with Crippen molar-refractivity contribution in [2.24, 2.45) is 0 Å². The minimum atomic E-state index is -3.87. The molecule has 0 atom stereocenters. The summed E-state index contributed by atoms with van der Waals surface area (Å²) in [6, 6.07) is 25.9. The van der Waals surface area contributed by atoms with Gasteiger partial charge in [0.25, 0.3) is 11.1 Å². The molecule has 0 fully saturated rings. The lowest BCUT2D eigenvalue weighted by atomic mass is 9.86. The Morgan fingerprint density at radius 3 is 1.08 bits per heavy atom. The number of nitrogens with zero attached hydrogens (tertiary/aromatic N) is 5. The van der Waals surface area contributed by atoms with Gasteiger partial charge in [-0.05, 0) is 112 Å². The zero-order valence-electron chi connectivity index (χ0n) is 51.4. The second kappa shape index (κ2) is 28.0. The van der Waals surface area contributed by atoms with E-state index in [1.807, 2.05) is 36.4 Å². The summed E-state index contributed by atoms with van der Waals surface area (Å²) < 4.78 is 64.6. The summed E-state index contributed by atoms with van der Waals surface area (Å²) in [4.78, 5) is 40.1. The smallest absolute Gasteiger partial charge is 0.264 e. The number of unbranched alkanes of at least 4 members (excludes halogenated alkanes) is 27. The second-order valence-corrected chi connectivity index (χ2v) is 28.6. The van der Waals surface area contributed by atoms with Crippen molar-refractivity contribution in [2.45, 2.75) is 223 Å². The van der Waals surface area contributed by atoms with Crippen molar-refractivity contribution >= 4 is 118 Å². The fraction of sp³-hybridized carbons (Fsp3) is 0.500. The summed E-state index contributed by atoms with van der Waals surface area (Å²) in [5.41, 5.74) is 2.46. The minimum Gasteiger partial charge on any atom is -0.268 e. The lowest BCUT2D eigenvalue weighted by molar-refractivity contribution is 0.383. The van der Waals surface area contributed by atoms with Crippen molar-refractivity contribution in [3.05, 3.63) is 106 Å². The summed E-state index contributed by atoms with van der Waals surface area (Å²) in [6.45, 7) is 8.06. The summed E-state index contributed by atoms with van der Waals surface area (Å²) in [7, 11) is -7.69. The average molecular weight is 1200 g/mol. The molecule has 0 saturated heterocycles. The monoisotopic (exact) mass is 1200 g/mol. The van der Waals surface area contributed by atoms with Crippen LogP contribution in [-0.4, -0.2) is 59.5 Å². The first-order chi connectivity index (χ1) is 42.0. The van der Waals surface area contributed by atoms with Crippen LogP contribution in [0.3, 0.4) is 0 Å². The number of pyridine rings is 2. The van der Waals surface area contributed by atoms with Gasteiger partial charge in [-0.3, -0.25) is 18.4 Å². The van der Waals surface area contributed by atoms with E-state index < -0.39 is 20.0 Å². The van der Waals surface area contributed by atoms with Gasteiger partial charge in [0.1, 0.15) is 11.3 Å². The molecule has 0 unspecified atom stereocenters. The number of rotatable bonds is 37. The molecule has 86 heavy (non-hydrogen) atoms. The predicted molar refractivity (Wildman–Crippen MR) is 360 cm³/mol. The minimum absolute atomic E-state index is 0.115. The van der Waals surface area contributed by atoms with Crippen LogP contribution < -0.4 is 15.8 Å². The van der Waals surface area contributed by atoms with Crippen LogP contribution in [0.1, 0.15) is 213 Å². The van der Waals surface area contributed by atoms with Gasteiger partial charge in [0.15, 0.2) is 0 Å². The summed E-state index contributed by atoms with van der Waals surface area (Å²) >= 11 is 0. The highest BCUT2D eigenvalue weighted by Gasteiger charge is 2.28. The number of imidazole rings is 2. The standard InChI is InChI=1S/C72H90N6O6S2/c1-4-7-10-13-16-19-22-25-28-31-46-73-85(81,82)51-34-44-63-61(49-51)74-69-57-40-36-53-56-39-43-60-68-58(41-37-54(66(56)68)55-38-42-59(67(57)65(53)55)71(79)77(63)69)70-75-62-50-52(35-45-64(62)78(70)72(60)80)86(83,84)76(47-32-29-26-23-20-17-14-11-8-5-2)48-33-30-27-24-21-18-15-12-9-6-3/h34-45,49-50,73H,4-33,46-48H2,1-3H3. The van der Waals surface area contributed by atoms with Crippen molar-refractivity contribution in [3.8, 4) is 0 Å². The van der Waals surface area contributed by atoms with E-state index >= 15 is 0 Å². The fourth-order valence-electron chi connectivity index (χ4n) is 14.0. The van der Waals surface area contributed by atoms with E-state index in [1.54, 1.807) is 49.5 Å². The van der Waals surface area contributed by atoms with Crippen LogP contribution in [-0.2, 0) is 20.0 Å². The van der Waals surface area contributed by atoms with Crippen molar-refractivity contribution in [1.29, 1.82) is 0 Å². The molecule has 11 aromatic rings. The van der Waals surface area contributed by atoms with E-state index in [2.05, 4.69) is 37.6 Å². The predicted octanol–water partition coefficient (Wildman–Crippen LogP) is 18.3. The Labute approximate surface area is 508 Å². The second-order valence-electron chi connectivity index (χ2n) is 24.9. The molecular weight excluding hydrogens is 1110 g/mol. The molecule has 0 radical (unpaired) electrons. The number of aromatic nitrogens is 4. The third-order valence-corrected chi connectivity index (χ3v) is 22.1. The lowest BCUT2D eigenvalue weighted by Gasteiger charge is -2.22. The molecule has 0 aliphatic heterocycles. The van der Waals surface area contributed by atoms with Gasteiger partial charge in [-0.1, -0.05) is 218 Å². The normalized spacial score (nSPS) is 12.9. The molecule has 0 spiro atoms. The van der Waals surface area contributed by atoms with Crippen LogP contribution in [0.2, 0.25) is 0 Å². The van der Waals surface area contributed by atoms with Gasteiger partial charge in [0.05, 0.1) is 31.9 Å². The SMILES string of the molecule is CCCCCCCCCCCCNS(=O)(=O)c1ccc2c(c1)nc1c3ccc4c5ccc6c(=O)n7c8ccc(S(=O)(=O)N(CCCCCCCCCCCC)CCCCCCCCCCCC)cc8nc7c7ccc(c8ccc(c(=O)n21)c3c48)c5c67. The fourth-order valence-corrected chi connectivity index (χ4v) is 16.7. The van der Waals surface area contributed by atoms with E-state index in [4.69, 9.17) is 9.97 Å². The maximum atomic E-state index is 14.9. The highest BCUT2D eigenvalue weighted by atomic mass is 32.2. The third-order valence-electron chi connectivity index (χ3n) is 18.8. The molecule has 12 nitrogen and oxygen atoms in total. The molecule has 0 saturated carbocycles. The number of sulfonamides is 2. The quantitative estimate of drug-likeness (QED) is 0.0229. The molecule has 11 rings (SSSR count). The van der Waals surface area contributed by atoms with Crippen LogP contribution in [0, 0.1) is 0 Å². The topological polar surface area (TPSA) is 152 Å². The van der Waals surface area contributed by atoms with E-state index in [0.717, 1.165) is 112 Å². The van der Waals surface area contributed by atoms with Gasteiger partial charge >= 0.3 is 0 Å². The molecule has 456 valence electrons. The summed E-state index contributed by atoms with van der Waals surface area (Å²) in [5, 5.41) is 9.77. The van der Waals surface area contributed by atoms with Gasteiger partial charge in [0.2, 0.25) is 20.0 Å². The van der Waals surface area contributed by atoms with Crippen LogP contribution in [0.25, 0.3) is 98.0 Å². The maximum Gasteiger partial charge on any atom is 0.264 e. The van der Waals surface area contributed by atoms with E-state index in [0.29, 0.717) is 63.8 Å². The Kier molecular flexibility index (Phi) is 20.0. The Balaban J connectivity index is 0.874. The highest BCUT2D eigenvalue weighted by Crippen LogP contribution is 2.46. The Morgan fingerprint density at radius 2 is 0.686 bits per heavy atom. The van der Waals surface area contributed by atoms with Crippen LogP contribution >= 0.6 is 0 Å². The Morgan fingerprint density at radius 1 is 0.372 bits per heavy atom. The zero-order valence-corrected chi connectivity index (χ0v) is 53.1. The molecule has 4 aromatic heterocycles. The first-order valence-electron chi connectivity index (χ1n) is 33.3. The molecule has 4 heterocycles. The lowest BCUT2D eigenvalue weighted by Crippen LogP contribution is -2.33. The number of hydrogen-bond donors (Lipinski definition) is 1. The third kappa shape index (κ3) is 12.5. The van der Waals surface area contributed by atoms with E-state index in [-0.39, 0.29) is 20.9 Å². The highest BCUT2D eigenvalue weighted by molar-refractivity contribution is 7.89. The van der Waals surface area contributed by atoms with Crippen molar-refractivity contribution in [1.82, 2.24) is 27.8 Å². The average Bonchev–Trinajstić information content (AvgIpc) is 1.11. The Hall–Kier alpha value is -6.06. The van der Waals surface area contributed by atoms with Gasteiger partial charge in [-0.15, -0.1) is 0 Å². The molecule has 0 bridgehead atoms. The first-order valence-corrected chi connectivity index (χ1v) is 36.3. The largest absolute Gasteiger partial charge is 0.268 e. The molecule has 0 amide bonds. The molecule has 0 aliphatic carbocycles. The molecule has 0 aliphatic rings. The first kappa shape index (κ1) is 61.6. The molecule has 14 heteroatoms. The maximum absolute atomic E-state index is 14.9. The summed E-state index contributed by atoms with van der Waals surface area (Å²) in [6.07, 6.45) is 35.3. The van der Waals surface area contributed by atoms with Gasteiger partial charge in [0, 0.05) is 52.0 Å². The van der Waals surface area contributed by atoms with E-state index in [1.165, 1.54) is 135 Å². The summed E-state index contributed by atoms with van der Waals surface area (Å²) in [5.74, 6) is 0. The molecule has 1 N–H and O–H groups in total. The zero-order chi connectivity index (χ0) is 59.8. The molecular formula is C72H90N6O6S2. The van der Waals surface area contributed by atoms with Gasteiger partial charge < -0.3 is 0 Å². The number of hydrogen-bond acceptors (Lipinski definition) is 8. The van der Waals surface area contributed by atoms with Gasteiger partial charge in [-0.2, -0.15) is 4.31 Å². The number of nitrogens with one attached hydrogen (secondary N) is 1. The van der Waals surface area contributed by atoms with Crippen molar-refractivity contribution in [3.63, 3.8) is 0 Å². The van der Waals surface area contributed by atoms with Crippen LogP contribution in [0.4, 0.5) is 0 Å².